The highest BCUT2D eigenvalue weighted by Gasteiger charge is 2.19. The van der Waals surface area contributed by atoms with Gasteiger partial charge in [0.05, 0.1) is 11.4 Å². The van der Waals surface area contributed by atoms with Crippen LogP contribution in [0.15, 0.2) is 23.1 Å². The molecule has 0 aliphatic carbocycles. The van der Waals surface area contributed by atoms with Crippen LogP contribution in [-0.4, -0.2) is 21.0 Å². The van der Waals surface area contributed by atoms with Gasteiger partial charge in [-0.25, -0.2) is 13.1 Å². The lowest BCUT2D eigenvalue weighted by atomic mass is 10.1. The minimum absolute atomic E-state index is 0.0167. The molecule has 0 spiro atoms. The summed E-state index contributed by atoms with van der Waals surface area (Å²) in [5.41, 5.74) is 6.99. The second-order valence-electron chi connectivity index (χ2n) is 5.00. The zero-order chi connectivity index (χ0) is 15.9. The van der Waals surface area contributed by atoms with E-state index in [9.17, 15) is 8.42 Å². The number of rotatable bonds is 6. The van der Waals surface area contributed by atoms with Crippen LogP contribution < -0.4 is 10.5 Å². The first-order valence-corrected chi connectivity index (χ1v) is 8.74. The van der Waals surface area contributed by atoms with Gasteiger partial charge in [0.2, 0.25) is 10.0 Å². The Bertz CT molecular complexity index is 627. The average Bonchev–Trinajstić information content (AvgIpc) is 2.45. The molecule has 3 N–H and O–H groups in total. The maximum Gasteiger partial charge on any atom is 0.240 e. The highest BCUT2D eigenvalue weighted by molar-refractivity contribution is 7.89. The van der Waals surface area contributed by atoms with E-state index in [1.807, 2.05) is 20.8 Å². The van der Waals surface area contributed by atoms with Crippen molar-refractivity contribution < 1.29 is 8.42 Å². The maximum atomic E-state index is 12.4. The Labute approximate surface area is 128 Å². The third-order valence-corrected chi connectivity index (χ3v) is 4.80. The molecule has 5 heteroatoms. The molecular formula is C16H24N2O2S. The summed E-state index contributed by atoms with van der Waals surface area (Å²) in [7, 11) is -3.48. The van der Waals surface area contributed by atoms with Crippen LogP contribution in [0.4, 0.5) is 0 Å². The predicted molar refractivity (Wildman–Crippen MR) is 86.4 cm³/mol. The molecule has 1 aromatic carbocycles. The van der Waals surface area contributed by atoms with Crippen molar-refractivity contribution in [3.05, 3.63) is 29.3 Å². The van der Waals surface area contributed by atoms with E-state index >= 15 is 0 Å². The molecule has 0 aliphatic heterocycles. The summed E-state index contributed by atoms with van der Waals surface area (Å²) in [5.74, 6) is 5.71. The predicted octanol–water partition coefficient (Wildman–Crippen LogP) is 2.16. The van der Waals surface area contributed by atoms with Crippen molar-refractivity contribution in [1.82, 2.24) is 4.72 Å². The molecule has 0 saturated carbocycles. The van der Waals surface area contributed by atoms with Crippen LogP contribution >= 0.6 is 0 Å². The Morgan fingerprint density at radius 3 is 2.57 bits per heavy atom. The number of sulfonamides is 1. The van der Waals surface area contributed by atoms with Gasteiger partial charge in [-0.3, -0.25) is 0 Å². The normalized spacial score (nSPS) is 12.6. The topological polar surface area (TPSA) is 72.2 Å². The summed E-state index contributed by atoms with van der Waals surface area (Å²) in [6.45, 7) is 6.17. The summed E-state index contributed by atoms with van der Waals surface area (Å²) < 4.78 is 27.5. The molecule has 0 bridgehead atoms. The van der Waals surface area contributed by atoms with Crippen molar-refractivity contribution in [2.45, 2.75) is 51.0 Å². The molecule has 0 aliphatic rings. The van der Waals surface area contributed by atoms with E-state index < -0.39 is 10.0 Å². The summed E-state index contributed by atoms with van der Waals surface area (Å²) in [4.78, 5) is 0.285. The summed E-state index contributed by atoms with van der Waals surface area (Å²) in [5, 5.41) is 0. The van der Waals surface area contributed by atoms with E-state index in [1.54, 1.807) is 18.2 Å². The molecule has 1 aromatic rings. The molecule has 4 nitrogen and oxygen atoms in total. The summed E-state index contributed by atoms with van der Waals surface area (Å²) in [6.07, 6.45) is 2.58. The maximum absolute atomic E-state index is 12.4. The molecular weight excluding hydrogens is 284 g/mol. The lowest BCUT2D eigenvalue weighted by molar-refractivity contribution is 0.512. The average molecular weight is 308 g/mol. The van der Waals surface area contributed by atoms with Crippen molar-refractivity contribution in [1.29, 1.82) is 0 Å². The third-order valence-electron chi connectivity index (χ3n) is 3.29. The molecule has 0 fully saturated rings. The first-order valence-electron chi connectivity index (χ1n) is 7.26. The lowest BCUT2D eigenvalue weighted by Crippen LogP contribution is -2.34. The van der Waals surface area contributed by atoms with Gasteiger partial charge in [-0.1, -0.05) is 32.1 Å². The van der Waals surface area contributed by atoms with Gasteiger partial charge in [-0.2, -0.15) is 0 Å². The van der Waals surface area contributed by atoms with E-state index in [0.29, 0.717) is 0 Å². The fourth-order valence-electron chi connectivity index (χ4n) is 2.07. The monoisotopic (exact) mass is 308 g/mol. The smallest absolute Gasteiger partial charge is 0.240 e. The number of hydrogen-bond acceptors (Lipinski definition) is 3. The van der Waals surface area contributed by atoms with Crippen molar-refractivity contribution in [3.8, 4) is 11.8 Å². The van der Waals surface area contributed by atoms with Crippen molar-refractivity contribution in [3.63, 3.8) is 0 Å². The third kappa shape index (κ3) is 5.16. The highest BCUT2D eigenvalue weighted by Crippen LogP contribution is 2.16. The first kappa shape index (κ1) is 17.7. The molecule has 0 aromatic heterocycles. The van der Waals surface area contributed by atoms with Crippen LogP contribution in [0.25, 0.3) is 0 Å². The largest absolute Gasteiger partial charge is 0.320 e. The van der Waals surface area contributed by atoms with Gasteiger partial charge in [0, 0.05) is 11.6 Å². The van der Waals surface area contributed by atoms with Gasteiger partial charge in [0.25, 0.3) is 0 Å². The van der Waals surface area contributed by atoms with Crippen LogP contribution in [-0.2, 0) is 10.0 Å². The second kappa shape index (κ2) is 8.18. The molecule has 21 heavy (non-hydrogen) atoms. The minimum atomic E-state index is -3.48. The Morgan fingerprint density at radius 2 is 2.05 bits per heavy atom. The quantitative estimate of drug-likeness (QED) is 0.791. The number of hydrogen-bond donors (Lipinski definition) is 2. The summed E-state index contributed by atoms with van der Waals surface area (Å²) in [6, 6.07) is 4.96. The zero-order valence-electron chi connectivity index (χ0n) is 12.9. The van der Waals surface area contributed by atoms with Crippen LogP contribution in [0, 0.1) is 18.8 Å². The Hall–Kier alpha value is -1.35. The standard InChI is InChI=1S/C16H24N2O2S/c1-4-7-15(5-2)18-21(19,20)16-10-9-14(8-6-11-17)13(3)12-16/h9-10,12,15,18H,4-5,7,11,17H2,1-3H3. The summed E-state index contributed by atoms with van der Waals surface area (Å²) >= 11 is 0. The Kier molecular flexibility index (Phi) is 6.90. The number of nitrogens with one attached hydrogen (secondary N) is 1. The Balaban J connectivity index is 3.01. The fourth-order valence-corrected chi connectivity index (χ4v) is 3.51. The van der Waals surface area contributed by atoms with Crippen molar-refractivity contribution >= 4 is 10.0 Å². The SMILES string of the molecule is CCCC(CC)NS(=O)(=O)c1ccc(C#CCN)c(C)c1. The molecule has 0 amide bonds. The molecule has 0 saturated heterocycles. The minimum Gasteiger partial charge on any atom is -0.320 e. The fraction of sp³-hybridized carbons (Fsp3) is 0.500. The molecule has 0 radical (unpaired) electrons. The van der Waals surface area contributed by atoms with Gasteiger partial charge in [-0.05, 0) is 43.5 Å². The van der Waals surface area contributed by atoms with Crippen LogP contribution in [0.5, 0.6) is 0 Å². The molecule has 1 unspecified atom stereocenters. The van der Waals surface area contributed by atoms with Crippen LogP contribution in [0.2, 0.25) is 0 Å². The van der Waals surface area contributed by atoms with E-state index in [2.05, 4.69) is 16.6 Å². The van der Waals surface area contributed by atoms with E-state index in [1.165, 1.54) is 0 Å². The lowest BCUT2D eigenvalue weighted by Gasteiger charge is -2.16. The van der Waals surface area contributed by atoms with Crippen LogP contribution in [0.3, 0.4) is 0 Å². The van der Waals surface area contributed by atoms with Crippen LogP contribution in [0.1, 0.15) is 44.2 Å². The van der Waals surface area contributed by atoms with Gasteiger partial charge >= 0.3 is 0 Å². The number of aryl methyl sites for hydroxylation is 1. The van der Waals surface area contributed by atoms with Crippen molar-refractivity contribution in [2.24, 2.45) is 5.73 Å². The van der Waals surface area contributed by atoms with Gasteiger partial charge in [-0.15, -0.1) is 0 Å². The highest BCUT2D eigenvalue weighted by atomic mass is 32.2. The van der Waals surface area contributed by atoms with Gasteiger partial charge in [0.15, 0.2) is 0 Å². The molecule has 0 heterocycles. The van der Waals surface area contributed by atoms with Gasteiger partial charge in [0.1, 0.15) is 0 Å². The van der Waals surface area contributed by atoms with E-state index in [0.717, 1.165) is 30.4 Å². The number of benzene rings is 1. The van der Waals surface area contributed by atoms with E-state index in [4.69, 9.17) is 5.73 Å². The molecule has 1 atom stereocenters. The molecule has 116 valence electrons. The second-order valence-corrected chi connectivity index (χ2v) is 6.71. The first-order chi connectivity index (χ1) is 9.94. The molecule has 1 rings (SSSR count). The van der Waals surface area contributed by atoms with Crippen molar-refractivity contribution in [2.75, 3.05) is 6.54 Å². The number of nitrogens with two attached hydrogens (primary N) is 1. The van der Waals surface area contributed by atoms with Gasteiger partial charge < -0.3 is 5.73 Å². The Morgan fingerprint density at radius 1 is 1.33 bits per heavy atom. The van der Waals surface area contributed by atoms with E-state index in [-0.39, 0.29) is 17.5 Å². The zero-order valence-corrected chi connectivity index (χ0v) is 13.8.